The summed E-state index contributed by atoms with van der Waals surface area (Å²) in [7, 11) is 0. The Bertz CT molecular complexity index is 781. The summed E-state index contributed by atoms with van der Waals surface area (Å²) in [5.41, 5.74) is 2.72. The first-order valence-electron chi connectivity index (χ1n) is 8.26. The van der Waals surface area contributed by atoms with E-state index in [9.17, 15) is 4.79 Å². The number of nitrogens with zero attached hydrogens (tertiary/aromatic N) is 3. The molecule has 0 radical (unpaired) electrons. The van der Waals surface area contributed by atoms with Crippen LogP contribution in [0.1, 0.15) is 23.9 Å². The average molecular weight is 345 g/mol. The van der Waals surface area contributed by atoms with Crippen LogP contribution in [-0.2, 0) is 24.3 Å². The van der Waals surface area contributed by atoms with Crippen molar-refractivity contribution in [2.75, 3.05) is 13.1 Å². The third kappa shape index (κ3) is 3.57. The molecule has 0 spiro atoms. The van der Waals surface area contributed by atoms with Crippen LogP contribution in [-0.4, -0.2) is 44.7 Å². The van der Waals surface area contributed by atoms with E-state index in [0.29, 0.717) is 17.9 Å². The number of nitrogens with one attached hydrogen (secondary N) is 2. The molecular weight excluding hydrogens is 322 g/mol. The molecule has 0 unspecified atom stereocenters. The maximum atomic E-state index is 12.4. The monoisotopic (exact) mass is 345 g/mol. The lowest BCUT2D eigenvalue weighted by molar-refractivity contribution is -0.126. The molecule has 1 aromatic heterocycles. The fraction of sp³-hybridized carbons (Fsp3) is 0.471. The molecule has 0 fully saturated rings. The molecule has 0 saturated carbocycles. The van der Waals surface area contributed by atoms with Gasteiger partial charge in [0.2, 0.25) is 5.91 Å². The highest BCUT2D eigenvalue weighted by atomic mass is 32.1. The van der Waals surface area contributed by atoms with Crippen LogP contribution >= 0.6 is 12.2 Å². The zero-order valence-corrected chi connectivity index (χ0v) is 14.9. The standard InChI is InChI=1S/C17H23N5OS/c1-12(21-9-7-14-5-3-4-6-15(14)11-21)16(23)18-8-10-22-13(2)19-20-17(22)24/h3-6,12H,7-11H2,1-2H3,(H,18,23)(H,20,24)/t12-/m0/s1. The van der Waals surface area contributed by atoms with Crippen LogP contribution in [0.25, 0.3) is 0 Å². The Morgan fingerprint density at radius 2 is 2.17 bits per heavy atom. The first kappa shape index (κ1) is 16.9. The molecule has 1 aromatic carbocycles. The molecule has 128 valence electrons. The number of H-pyrrole nitrogens is 1. The molecule has 7 heteroatoms. The topological polar surface area (TPSA) is 66.0 Å². The Labute approximate surface area is 146 Å². The van der Waals surface area contributed by atoms with Crippen molar-refractivity contribution in [1.82, 2.24) is 25.0 Å². The first-order valence-corrected chi connectivity index (χ1v) is 8.67. The summed E-state index contributed by atoms with van der Waals surface area (Å²) >= 11 is 5.17. The molecule has 1 amide bonds. The number of aryl methyl sites for hydroxylation is 1. The lowest BCUT2D eigenvalue weighted by Gasteiger charge is -2.32. The number of fused-ring (bicyclic) bond motifs is 1. The van der Waals surface area contributed by atoms with Gasteiger partial charge in [0.25, 0.3) is 0 Å². The van der Waals surface area contributed by atoms with Crippen molar-refractivity contribution < 1.29 is 4.79 Å². The number of rotatable bonds is 5. The van der Waals surface area contributed by atoms with E-state index in [4.69, 9.17) is 12.2 Å². The molecule has 0 saturated heterocycles. The highest BCUT2D eigenvalue weighted by molar-refractivity contribution is 7.71. The number of carbonyl (C=O) groups is 1. The number of hydrogen-bond acceptors (Lipinski definition) is 4. The van der Waals surface area contributed by atoms with Gasteiger partial charge in [-0.05, 0) is 43.6 Å². The Morgan fingerprint density at radius 3 is 2.88 bits per heavy atom. The second-order valence-corrected chi connectivity index (χ2v) is 6.57. The van der Waals surface area contributed by atoms with Crippen LogP contribution in [0.2, 0.25) is 0 Å². The summed E-state index contributed by atoms with van der Waals surface area (Å²) < 4.78 is 2.47. The molecule has 2 N–H and O–H groups in total. The molecule has 0 bridgehead atoms. The summed E-state index contributed by atoms with van der Waals surface area (Å²) in [4.78, 5) is 14.7. The molecule has 2 aromatic rings. The number of aromatic nitrogens is 3. The summed E-state index contributed by atoms with van der Waals surface area (Å²) in [6.07, 6.45) is 0.997. The number of carbonyl (C=O) groups excluding carboxylic acids is 1. The van der Waals surface area contributed by atoms with Gasteiger partial charge in [0.1, 0.15) is 5.82 Å². The van der Waals surface area contributed by atoms with Crippen molar-refractivity contribution in [3.05, 3.63) is 46.0 Å². The molecule has 2 heterocycles. The Morgan fingerprint density at radius 1 is 1.42 bits per heavy atom. The van der Waals surface area contributed by atoms with Crippen molar-refractivity contribution in [3.8, 4) is 0 Å². The Hall–Kier alpha value is -1.99. The first-order chi connectivity index (χ1) is 11.6. The average Bonchev–Trinajstić information content (AvgIpc) is 2.92. The van der Waals surface area contributed by atoms with Gasteiger partial charge in [-0.15, -0.1) is 0 Å². The minimum atomic E-state index is -0.142. The Kier molecular flexibility index (Phi) is 5.11. The highest BCUT2D eigenvalue weighted by Crippen LogP contribution is 2.20. The molecule has 1 aliphatic heterocycles. The third-order valence-corrected chi connectivity index (χ3v) is 4.98. The van der Waals surface area contributed by atoms with Crippen LogP contribution in [0.15, 0.2) is 24.3 Å². The van der Waals surface area contributed by atoms with Crippen LogP contribution in [0, 0.1) is 11.7 Å². The van der Waals surface area contributed by atoms with E-state index in [1.807, 2.05) is 18.4 Å². The SMILES string of the molecule is Cc1n[nH]c(=S)n1CCNC(=O)[C@H](C)N1CCc2ccccc2C1. The Balaban J connectivity index is 1.53. The van der Waals surface area contributed by atoms with E-state index >= 15 is 0 Å². The van der Waals surface area contributed by atoms with E-state index in [-0.39, 0.29) is 11.9 Å². The maximum absolute atomic E-state index is 12.4. The number of hydrogen-bond donors (Lipinski definition) is 2. The lowest BCUT2D eigenvalue weighted by atomic mass is 9.99. The minimum Gasteiger partial charge on any atom is -0.353 e. The van der Waals surface area contributed by atoms with Crippen molar-refractivity contribution in [3.63, 3.8) is 0 Å². The van der Waals surface area contributed by atoms with Gasteiger partial charge in [-0.25, -0.2) is 0 Å². The van der Waals surface area contributed by atoms with E-state index < -0.39 is 0 Å². The fourth-order valence-corrected chi connectivity index (χ4v) is 3.38. The summed E-state index contributed by atoms with van der Waals surface area (Å²) in [6, 6.07) is 8.32. The second-order valence-electron chi connectivity index (χ2n) is 6.18. The number of benzene rings is 1. The third-order valence-electron chi connectivity index (χ3n) is 4.67. The minimum absolute atomic E-state index is 0.0575. The molecule has 1 atom stereocenters. The summed E-state index contributed by atoms with van der Waals surface area (Å²) in [5, 5.41) is 9.83. The van der Waals surface area contributed by atoms with Crippen molar-refractivity contribution >= 4 is 18.1 Å². The predicted octanol–water partition coefficient (Wildman–Crippen LogP) is 1.81. The van der Waals surface area contributed by atoms with Gasteiger partial charge in [-0.1, -0.05) is 24.3 Å². The number of aromatic amines is 1. The molecular formula is C17H23N5OS. The van der Waals surface area contributed by atoms with Gasteiger partial charge in [0, 0.05) is 26.2 Å². The fourth-order valence-electron chi connectivity index (χ4n) is 3.11. The molecule has 24 heavy (non-hydrogen) atoms. The van der Waals surface area contributed by atoms with Gasteiger partial charge < -0.3 is 9.88 Å². The van der Waals surface area contributed by atoms with E-state index in [0.717, 1.165) is 25.3 Å². The van der Waals surface area contributed by atoms with Crippen LogP contribution in [0.3, 0.4) is 0 Å². The van der Waals surface area contributed by atoms with Crippen molar-refractivity contribution in [1.29, 1.82) is 0 Å². The quantitative estimate of drug-likeness (QED) is 0.811. The molecule has 1 aliphatic rings. The van der Waals surface area contributed by atoms with E-state index in [1.165, 1.54) is 11.1 Å². The van der Waals surface area contributed by atoms with Gasteiger partial charge >= 0.3 is 0 Å². The molecule has 3 rings (SSSR count). The van der Waals surface area contributed by atoms with Gasteiger partial charge in [-0.2, -0.15) is 5.10 Å². The largest absolute Gasteiger partial charge is 0.353 e. The zero-order chi connectivity index (χ0) is 17.1. The lowest BCUT2D eigenvalue weighted by Crippen LogP contribution is -2.47. The normalized spacial score (nSPS) is 15.8. The van der Waals surface area contributed by atoms with Crippen molar-refractivity contribution in [2.24, 2.45) is 0 Å². The van der Waals surface area contributed by atoms with Crippen LogP contribution in [0.4, 0.5) is 0 Å². The van der Waals surface area contributed by atoms with Crippen molar-refractivity contribution in [2.45, 2.75) is 39.4 Å². The zero-order valence-electron chi connectivity index (χ0n) is 14.1. The molecule has 0 aliphatic carbocycles. The second kappa shape index (κ2) is 7.27. The molecule has 6 nitrogen and oxygen atoms in total. The summed E-state index contributed by atoms with van der Waals surface area (Å²) in [5.74, 6) is 0.886. The van der Waals surface area contributed by atoms with Crippen LogP contribution in [0.5, 0.6) is 0 Å². The van der Waals surface area contributed by atoms with Crippen LogP contribution < -0.4 is 5.32 Å². The number of amides is 1. The maximum Gasteiger partial charge on any atom is 0.237 e. The highest BCUT2D eigenvalue weighted by Gasteiger charge is 2.24. The van der Waals surface area contributed by atoms with Gasteiger partial charge in [-0.3, -0.25) is 14.8 Å². The van der Waals surface area contributed by atoms with Gasteiger partial charge in [0.05, 0.1) is 6.04 Å². The van der Waals surface area contributed by atoms with Gasteiger partial charge in [0.15, 0.2) is 4.77 Å². The summed E-state index contributed by atoms with van der Waals surface area (Å²) in [6.45, 7) is 6.78. The smallest absolute Gasteiger partial charge is 0.237 e. The predicted molar refractivity (Wildman–Crippen MR) is 95.2 cm³/mol. The van der Waals surface area contributed by atoms with E-state index in [2.05, 4.69) is 44.7 Å². The van der Waals surface area contributed by atoms with E-state index in [1.54, 1.807) is 0 Å².